The summed E-state index contributed by atoms with van der Waals surface area (Å²) in [5.41, 5.74) is 0. The monoisotopic (exact) mass is 215 g/mol. The molecular weight excluding hydrogens is 198 g/mol. The average molecular weight is 215 g/mol. The first kappa shape index (κ1) is 11.3. The molecule has 0 amide bonds. The van der Waals surface area contributed by atoms with Gasteiger partial charge in [0.15, 0.2) is 5.88 Å². The second-order valence-corrected chi connectivity index (χ2v) is 4.41. The molecule has 3 nitrogen and oxygen atoms in total. The lowest BCUT2D eigenvalue weighted by molar-refractivity contribution is 0.421. The van der Waals surface area contributed by atoms with Crippen LogP contribution in [0.4, 0.5) is 0 Å². The van der Waals surface area contributed by atoms with Crippen LogP contribution in [0.5, 0.6) is 11.8 Å². The van der Waals surface area contributed by atoms with Crippen molar-refractivity contribution in [3.63, 3.8) is 0 Å². The number of aromatic hydroxyl groups is 2. The van der Waals surface area contributed by atoms with E-state index >= 15 is 0 Å². The highest BCUT2D eigenvalue weighted by Crippen LogP contribution is 2.31. The van der Waals surface area contributed by atoms with Gasteiger partial charge in [-0.15, -0.1) is 11.8 Å². The van der Waals surface area contributed by atoms with Gasteiger partial charge in [0.25, 0.3) is 0 Å². The predicted octanol–water partition coefficient (Wildman–Crippen LogP) is 3.10. The zero-order valence-corrected chi connectivity index (χ0v) is 9.23. The number of aromatic nitrogens is 1. The van der Waals surface area contributed by atoms with E-state index in [4.69, 9.17) is 5.11 Å². The first-order valence-corrected chi connectivity index (χ1v) is 5.96. The Bertz CT molecular complexity index is 273. The number of hydrogen-bond donors (Lipinski definition) is 3. The van der Waals surface area contributed by atoms with Gasteiger partial charge in [0.1, 0.15) is 0 Å². The van der Waals surface area contributed by atoms with Crippen LogP contribution in [0.25, 0.3) is 0 Å². The van der Waals surface area contributed by atoms with Crippen molar-refractivity contribution in [1.82, 2.24) is 4.98 Å². The Morgan fingerprint density at radius 3 is 2.64 bits per heavy atom. The maximum atomic E-state index is 9.30. The van der Waals surface area contributed by atoms with E-state index in [9.17, 15) is 5.11 Å². The molecule has 1 rings (SSSR count). The highest BCUT2D eigenvalue weighted by atomic mass is 32.2. The maximum Gasteiger partial charge on any atom is 0.205 e. The molecule has 80 valence electrons. The number of nitrogens with one attached hydrogen (secondary N) is 1. The Labute approximate surface area is 88.5 Å². The summed E-state index contributed by atoms with van der Waals surface area (Å²) in [5, 5.41) is 18.3. The smallest absolute Gasteiger partial charge is 0.205 e. The van der Waals surface area contributed by atoms with Gasteiger partial charge < -0.3 is 10.2 Å². The van der Waals surface area contributed by atoms with Crippen molar-refractivity contribution < 1.29 is 10.2 Å². The molecule has 0 bridgehead atoms. The molecule has 1 heterocycles. The van der Waals surface area contributed by atoms with Crippen molar-refractivity contribution in [1.29, 1.82) is 0 Å². The van der Waals surface area contributed by atoms with Gasteiger partial charge >= 0.3 is 0 Å². The van der Waals surface area contributed by atoms with Crippen LogP contribution in [-0.4, -0.2) is 20.9 Å². The number of aromatic amines is 1. The Hall–Kier alpha value is -0.770. The Kier molecular flexibility index (Phi) is 4.73. The summed E-state index contributed by atoms with van der Waals surface area (Å²) in [7, 11) is 0. The van der Waals surface area contributed by atoms with Gasteiger partial charge in [-0.25, -0.2) is 0 Å². The third-order valence-corrected chi connectivity index (χ3v) is 3.12. The summed E-state index contributed by atoms with van der Waals surface area (Å²) < 4.78 is 0. The van der Waals surface area contributed by atoms with Crippen LogP contribution in [-0.2, 0) is 0 Å². The van der Waals surface area contributed by atoms with Crippen LogP contribution >= 0.6 is 11.8 Å². The van der Waals surface area contributed by atoms with E-state index in [-0.39, 0.29) is 11.8 Å². The number of unbranched alkanes of at least 4 members (excludes halogenated alkanes) is 3. The summed E-state index contributed by atoms with van der Waals surface area (Å²) in [6.45, 7) is 2.18. The predicted molar refractivity (Wildman–Crippen MR) is 59.0 cm³/mol. The molecule has 1 aromatic rings. The van der Waals surface area contributed by atoms with Gasteiger partial charge in [-0.05, 0) is 12.2 Å². The molecule has 0 aliphatic rings. The van der Waals surface area contributed by atoms with E-state index in [0.717, 1.165) is 17.1 Å². The molecule has 4 heteroatoms. The van der Waals surface area contributed by atoms with E-state index in [1.54, 1.807) is 17.8 Å². The van der Waals surface area contributed by atoms with Crippen LogP contribution in [0.1, 0.15) is 32.6 Å². The molecule has 0 aliphatic heterocycles. The third-order valence-electron chi connectivity index (χ3n) is 2.00. The molecular formula is C10H17NO2S. The fraction of sp³-hybridized carbons (Fsp3) is 0.600. The standard InChI is InChI=1S/C10H17NO2S/c1-2-3-4-5-6-14-8-7-9(12)11-10(8)13/h7,11-13H,2-6H2,1H3. The molecule has 0 saturated heterocycles. The van der Waals surface area contributed by atoms with Gasteiger partial charge in [-0.2, -0.15) is 0 Å². The van der Waals surface area contributed by atoms with E-state index in [1.165, 1.54) is 19.3 Å². The van der Waals surface area contributed by atoms with Crippen LogP contribution in [0.2, 0.25) is 0 Å². The van der Waals surface area contributed by atoms with Gasteiger partial charge in [-0.3, -0.25) is 4.98 Å². The molecule has 0 atom stereocenters. The minimum Gasteiger partial charge on any atom is -0.494 e. The van der Waals surface area contributed by atoms with Crippen LogP contribution < -0.4 is 0 Å². The first-order valence-electron chi connectivity index (χ1n) is 4.97. The molecule has 0 aliphatic carbocycles. The third kappa shape index (κ3) is 3.54. The van der Waals surface area contributed by atoms with Crippen LogP contribution in [0.3, 0.4) is 0 Å². The summed E-state index contributed by atoms with van der Waals surface area (Å²) in [5.74, 6) is 1.09. The number of H-pyrrole nitrogens is 1. The van der Waals surface area contributed by atoms with Crippen molar-refractivity contribution in [2.24, 2.45) is 0 Å². The van der Waals surface area contributed by atoms with E-state index in [1.807, 2.05) is 0 Å². The largest absolute Gasteiger partial charge is 0.494 e. The van der Waals surface area contributed by atoms with Crippen molar-refractivity contribution >= 4 is 11.8 Å². The second-order valence-electron chi connectivity index (χ2n) is 3.28. The molecule has 3 N–H and O–H groups in total. The Morgan fingerprint density at radius 1 is 1.29 bits per heavy atom. The molecule has 0 aromatic carbocycles. The molecule has 0 spiro atoms. The fourth-order valence-electron chi connectivity index (χ4n) is 1.23. The number of hydrogen-bond acceptors (Lipinski definition) is 3. The van der Waals surface area contributed by atoms with E-state index in [0.29, 0.717) is 0 Å². The lowest BCUT2D eigenvalue weighted by atomic mass is 10.2. The van der Waals surface area contributed by atoms with Crippen molar-refractivity contribution in [2.75, 3.05) is 5.75 Å². The fourth-order valence-corrected chi connectivity index (χ4v) is 2.18. The minimum atomic E-state index is 0.0264. The molecule has 1 aromatic heterocycles. The molecule has 0 radical (unpaired) electrons. The van der Waals surface area contributed by atoms with Crippen molar-refractivity contribution in [3.8, 4) is 11.8 Å². The lowest BCUT2D eigenvalue weighted by Crippen LogP contribution is -1.80. The van der Waals surface area contributed by atoms with Crippen LogP contribution in [0, 0.1) is 0 Å². The topological polar surface area (TPSA) is 56.2 Å². The average Bonchev–Trinajstić information content (AvgIpc) is 2.45. The zero-order valence-electron chi connectivity index (χ0n) is 8.42. The second kappa shape index (κ2) is 5.86. The quantitative estimate of drug-likeness (QED) is 0.505. The molecule has 14 heavy (non-hydrogen) atoms. The normalized spacial score (nSPS) is 10.6. The summed E-state index contributed by atoms with van der Waals surface area (Å²) >= 11 is 1.58. The molecule has 0 saturated carbocycles. The van der Waals surface area contributed by atoms with Crippen molar-refractivity contribution in [3.05, 3.63) is 6.07 Å². The SMILES string of the molecule is CCCCCCSc1cc(O)[nH]c1O. The minimum absolute atomic E-state index is 0.0264. The zero-order chi connectivity index (χ0) is 10.4. The van der Waals surface area contributed by atoms with Crippen LogP contribution in [0.15, 0.2) is 11.0 Å². The van der Waals surface area contributed by atoms with Gasteiger partial charge in [-0.1, -0.05) is 26.2 Å². The highest BCUT2D eigenvalue weighted by Gasteiger charge is 2.05. The van der Waals surface area contributed by atoms with Gasteiger partial charge in [0.05, 0.1) is 4.90 Å². The molecule has 0 fully saturated rings. The van der Waals surface area contributed by atoms with E-state index < -0.39 is 0 Å². The molecule has 0 unspecified atom stereocenters. The Balaban J connectivity index is 2.21. The highest BCUT2D eigenvalue weighted by molar-refractivity contribution is 7.99. The number of rotatable bonds is 6. The Morgan fingerprint density at radius 2 is 2.07 bits per heavy atom. The summed E-state index contributed by atoms with van der Waals surface area (Å²) in [4.78, 5) is 3.19. The van der Waals surface area contributed by atoms with Gasteiger partial charge in [0.2, 0.25) is 5.88 Å². The summed E-state index contributed by atoms with van der Waals surface area (Å²) in [6, 6.07) is 1.56. The van der Waals surface area contributed by atoms with E-state index in [2.05, 4.69) is 11.9 Å². The lowest BCUT2D eigenvalue weighted by Gasteiger charge is -1.98. The number of thioether (sulfide) groups is 1. The van der Waals surface area contributed by atoms with Crippen molar-refractivity contribution in [2.45, 2.75) is 37.5 Å². The first-order chi connectivity index (χ1) is 6.74. The maximum absolute atomic E-state index is 9.30. The summed E-state index contributed by atoms with van der Waals surface area (Å²) in [6.07, 6.45) is 4.90. The van der Waals surface area contributed by atoms with Gasteiger partial charge in [0, 0.05) is 6.07 Å².